The molecule has 11 aromatic rings. The van der Waals surface area contributed by atoms with Crippen molar-refractivity contribution in [2.45, 2.75) is 6.17 Å². The van der Waals surface area contributed by atoms with E-state index in [0.29, 0.717) is 5.84 Å². The molecule has 4 nitrogen and oxygen atoms in total. The molecule has 1 unspecified atom stereocenters. The van der Waals surface area contributed by atoms with Gasteiger partial charge in [0.15, 0.2) is 5.84 Å². The molecule has 1 aliphatic heterocycles. The minimum atomic E-state index is -0.318. The van der Waals surface area contributed by atoms with Crippen LogP contribution >= 0.6 is 11.3 Å². The second-order valence-electron chi connectivity index (χ2n) is 15.4. The van der Waals surface area contributed by atoms with E-state index in [4.69, 9.17) is 14.4 Å². The van der Waals surface area contributed by atoms with Crippen LogP contribution in [0.25, 0.3) is 86.3 Å². The van der Waals surface area contributed by atoms with E-state index in [1.54, 1.807) is 0 Å². The monoisotopic (exact) mass is 785 g/mol. The van der Waals surface area contributed by atoms with Gasteiger partial charge < -0.3 is 9.73 Å². The Balaban J connectivity index is 0.935. The van der Waals surface area contributed by atoms with Crippen LogP contribution in [0.2, 0.25) is 0 Å². The molecule has 0 fully saturated rings. The summed E-state index contributed by atoms with van der Waals surface area (Å²) in [5.41, 5.74) is 11.8. The number of amidine groups is 2. The Hall–Kier alpha value is -7.60. The van der Waals surface area contributed by atoms with E-state index in [2.05, 4.69) is 181 Å². The van der Waals surface area contributed by atoms with Crippen LogP contribution in [0, 0.1) is 0 Å². The number of aliphatic imine (C=N–C) groups is 2. The third-order valence-electron chi connectivity index (χ3n) is 11.7. The summed E-state index contributed by atoms with van der Waals surface area (Å²) in [5, 5.41) is 10.8. The minimum absolute atomic E-state index is 0.318. The molecule has 0 spiro atoms. The Bertz CT molecular complexity index is 3530. The van der Waals surface area contributed by atoms with Crippen LogP contribution in [0.5, 0.6) is 0 Å². The molecule has 1 N–H and O–H groups in total. The van der Waals surface area contributed by atoms with Crippen LogP contribution in [0.1, 0.15) is 22.9 Å². The predicted molar refractivity (Wildman–Crippen MR) is 252 cm³/mol. The van der Waals surface area contributed by atoms with E-state index >= 15 is 0 Å². The summed E-state index contributed by atoms with van der Waals surface area (Å²) in [6.07, 6.45) is -0.318. The van der Waals surface area contributed by atoms with Gasteiger partial charge >= 0.3 is 0 Å². The number of thiophene rings is 1. The summed E-state index contributed by atoms with van der Waals surface area (Å²) in [6.45, 7) is 0. The fourth-order valence-corrected chi connectivity index (χ4v) is 9.80. The highest BCUT2D eigenvalue weighted by Gasteiger charge is 2.22. The number of furan rings is 1. The van der Waals surface area contributed by atoms with Gasteiger partial charge in [-0.3, -0.25) is 0 Å². The van der Waals surface area contributed by atoms with Crippen molar-refractivity contribution in [3.8, 4) is 33.4 Å². The quantitative estimate of drug-likeness (QED) is 0.183. The maximum absolute atomic E-state index is 6.50. The Morgan fingerprint density at radius 3 is 1.97 bits per heavy atom. The normalized spacial score (nSPS) is 14.2. The zero-order valence-electron chi connectivity index (χ0n) is 32.3. The molecule has 1 atom stereocenters. The number of hydrogen-bond donors (Lipinski definition) is 1. The lowest BCUT2D eigenvalue weighted by Crippen LogP contribution is -2.33. The molecule has 0 aliphatic carbocycles. The fraction of sp³-hybridized carbons (Fsp3) is 0.0182. The van der Waals surface area contributed by atoms with Crippen LogP contribution in [0.4, 0.5) is 0 Å². The van der Waals surface area contributed by atoms with Gasteiger partial charge in [-0.05, 0) is 104 Å². The molecular weight excluding hydrogens is 751 g/mol. The van der Waals surface area contributed by atoms with E-state index in [1.165, 1.54) is 36.9 Å². The van der Waals surface area contributed by atoms with Crippen molar-refractivity contribution in [1.29, 1.82) is 0 Å². The highest BCUT2D eigenvalue weighted by atomic mass is 32.1. The summed E-state index contributed by atoms with van der Waals surface area (Å²) in [4.78, 5) is 10.3. The van der Waals surface area contributed by atoms with Gasteiger partial charge in [-0.25, -0.2) is 9.98 Å². The lowest BCUT2D eigenvalue weighted by atomic mass is 9.95. The highest BCUT2D eigenvalue weighted by Crippen LogP contribution is 2.41. The molecular formula is C55H35N3OS. The largest absolute Gasteiger partial charge is 0.456 e. The molecule has 282 valence electrons. The van der Waals surface area contributed by atoms with Crippen molar-refractivity contribution in [3.63, 3.8) is 0 Å². The van der Waals surface area contributed by atoms with Gasteiger partial charge in [-0.2, -0.15) is 0 Å². The molecule has 5 heteroatoms. The summed E-state index contributed by atoms with van der Waals surface area (Å²) < 4.78 is 9.12. The first-order chi connectivity index (χ1) is 29.7. The second kappa shape index (κ2) is 14.0. The molecule has 0 amide bonds. The Kier molecular flexibility index (Phi) is 8.06. The third-order valence-corrected chi connectivity index (χ3v) is 12.9. The first-order valence-electron chi connectivity index (χ1n) is 20.2. The van der Waals surface area contributed by atoms with Crippen LogP contribution in [-0.4, -0.2) is 11.7 Å². The minimum Gasteiger partial charge on any atom is -0.456 e. The Morgan fingerprint density at radius 2 is 1.10 bits per heavy atom. The maximum Gasteiger partial charge on any atom is 0.159 e. The van der Waals surface area contributed by atoms with Crippen LogP contribution in [-0.2, 0) is 0 Å². The van der Waals surface area contributed by atoms with E-state index in [9.17, 15) is 0 Å². The van der Waals surface area contributed by atoms with Crippen LogP contribution in [0.3, 0.4) is 0 Å². The zero-order chi connectivity index (χ0) is 39.6. The first-order valence-corrected chi connectivity index (χ1v) is 21.1. The smallest absolute Gasteiger partial charge is 0.159 e. The molecule has 3 heterocycles. The number of hydrogen-bond acceptors (Lipinski definition) is 5. The van der Waals surface area contributed by atoms with Gasteiger partial charge in [0.1, 0.15) is 23.2 Å². The van der Waals surface area contributed by atoms with Gasteiger partial charge in [0.25, 0.3) is 0 Å². The van der Waals surface area contributed by atoms with Crippen molar-refractivity contribution in [2.24, 2.45) is 9.98 Å². The van der Waals surface area contributed by atoms with Gasteiger partial charge in [0, 0.05) is 42.1 Å². The average molecular weight is 786 g/mol. The molecule has 0 saturated carbocycles. The van der Waals surface area contributed by atoms with Crippen LogP contribution in [0.15, 0.2) is 215 Å². The van der Waals surface area contributed by atoms with E-state index in [0.717, 1.165) is 71.9 Å². The predicted octanol–water partition coefficient (Wildman–Crippen LogP) is 14.6. The molecule has 9 aromatic carbocycles. The molecule has 0 bridgehead atoms. The van der Waals surface area contributed by atoms with Crippen molar-refractivity contribution in [2.75, 3.05) is 0 Å². The second-order valence-corrected chi connectivity index (χ2v) is 16.5. The molecule has 1 aliphatic rings. The lowest BCUT2D eigenvalue weighted by Gasteiger charge is -2.24. The van der Waals surface area contributed by atoms with Gasteiger partial charge in [-0.1, -0.05) is 146 Å². The topological polar surface area (TPSA) is 49.9 Å². The maximum atomic E-state index is 6.50. The van der Waals surface area contributed by atoms with Gasteiger partial charge in [0.2, 0.25) is 0 Å². The molecule has 60 heavy (non-hydrogen) atoms. The Labute approximate surface area is 350 Å². The number of rotatable bonds is 6. The molecule has 0 saturated heterocycles. The number of benzene rings is 9. The van der Waals surface area contributed by atoms with E-state index in [1.807, 2.05) is 35.6 Å². The highest BCUT2D eigenvalue weighted by molar-refractivity contribution is 7.25. The lowest BCUT2D eigenvalue weighted by molar-refractivity contribution is 0.669. The molecule has 12 rings (SSSR count). The van der Waals surface area contributed by atoms with Gasteiger partial charge in [-0.15, -0.1) is 11.3 Å². The van der Waals surface area contributed by atoms with Crippen molar-refractivity contribution < 1.29 is 4.42 Å². The summed E-state index contributed by atoms with van der Waals surface area (Å²) in [6, 6.07) is 71.1. The van der Waals surface area contributed by atoms with Crippen LogP contribution < -0.4 is 5.32 Å². The average Bonchev–Trinajstić information content (AvgIpc) is 3.89. The summed E-state index contributed by atoms with van der Waals surface area (Å²) >= 11 is 1.85. The third kappa shape index (κ3) is 5.98. The zero-order valence-corrected chi connectivity index (χ0v) is 33.2. The summed E-state index contributed by atoms with van der Waals surface area (Å²) in [7, 11) is 0. The number of nitrogens with zero attached hydrogens (tertiary/aromatic N) is 2. The Morgan fingerprint density at radius 1 is 0.433 bits per heavy atom. The number of nitrogens with one attached hydrogen (secondary N) is 1. The van der Waals surface area contributed by atoms with Crippen molar-refractivity contribution >= 4 is 75.9 Å². The fourth-order valence-electron chi connectivity index (χ4n) is 8.72. The van der Waals surface area contributed by atoms with Crippen molar-refractivity contribution in [1.82, 2.24) is 5.32 Å². The SMILES string of the molecule is c1ccc(C2=NC(c3cccc(-c4ccccc4)c3)NC(c3ccc4ccc(-c5cccc6oc7ccc(-c8ccc9sc%10ccccc%10c9c8)cc7c56)cc4c3)=N2)cc1. The van der Waals surface area contributed by atoms with E-state index in [-0.39, 0.29) is 6.17 Å². The first kappa shape index (κ1) is 34.4. The molecule has 2 aromatic heterocycles. The molecule has 0 radical (unpaired) electrons. The van der Waals surface area contributed by atoms with E-state index < -0.39 is 0 Å². The van der Waals surface area contributed by atoms with Crippen molar-refractivity contribution in [3.05, 3.63) is 217 Å². The standard InChI is InChI=1S/C55H35N3OS/c1-3-11-34(12-4-1)37-15-9-16-41(29-37)54-56-53(36-13-5-2-6-14-36)57-55(58-54)42-24-22-35-21-23-40(30-43(35)31-42)44-18-10-19-49-52(44)47-33-38(25-27-48(47)59-49)39-26-28-51-46(32-39)45-17-7-8-20-50(45)60-51/h1-33,54H,(H,56,57,58). The number of fused-ring (bicyclic) bond motifs is 7. The summed E-state index contributed by atoms with van der Waals surface area (Å²) in [5.74, 6) is 1.49. The van der Waals surface area contributed by atoms with Gasteiger partial charge in [0.05, 0.1) is 0 Å².